The van der Waals surface area contributed by atoms with E-state index < -0.39 is 0 Å². The molecule has 0 aromatic heterocycles. The molecule has 1 heterocycles. The Bertz CT molecular complexity index is 872. The first-order valence-electron chi connectivity index (χ1n) is 8.11. The third-order valence-electron chi connectivity index (χ3n) is 4.62. The molecule has 0 spiro atoms. The van der Waals surface area contributed by atoms with Crippen LogP contribution in [0.4, 0.5) is 4.39 Å². The summed E-state index contributed by atoms with van der Waals surface area (Å²) in [6.45, 7) is 0.216. The van der Waals surface area contributed by atoms with Crippen LogP contribution >= 0.6 is 0 Å². The Morgan fingerprint density at radius 3 is 2.76 bits per heavy atom. The number of carbonyl (C=O) groups is 1. The monoisotopic (exact) mass is 340 g/mol. The van der Waals surface area contributed by atoms with Gasteiger partial charge in [-0.05, 0) is 59.9 Å². The molecule has 1 aliphatic heterocycles. The van der Waals surface area contributed by atoms with Gasteiger partial charge in [0, 0.05) is 12.0 Å². The van der Waals surface area contributed by atoms with E-state index in [1.54, 1.807) is 12.1 Å². The van der Waals surface area contributed by atoms with Crippen molar-refractivity contribution in [2.24, 2.45) is 0 Å². The topological polar surface area (TPSA) is 44.8 Å². The number of fused-ring (bicyclic) bond motifs is 1. The van der Waals surface area contributed by atoms with Crippen molar-refractivity contribution in [3.8, 4) is 17.2 Å². The van der Waals surface area contributed by atoms with Crippen LogP contribution in [-0.4, -0.2) is 19.7 Å². The summed E-state index contributed by atoms with van der Waals surface area (Å²) >= 11 is 0. The molecule has 1 aliphatic carbocycles. The molecule has 0 saturated heterocycles. The molecule has 5 heteroatoms. The van der Waals surface area contributed by atoms with E-state index in [1.807, 2.05) is 18.2 Å². The van der Waals surface area contributed by atoms with E-state index in [1.165, 1.54) is 19.2 Å². The second-order valence-electron chi connectivity index (χ2n) is 6.20. The Kier molecular flexibility index (Phi) is 3.92. The van der Waals surface area contributed by atoms with Crippen LogP contribution in [0.1, 0.15) is 29.9 Å². The Morgan fingerprint density at radius 1 is 1.08 bits per heavy atom. The number of hydrogen-bond donors (Lipinski definition) is 0. The lowest BCUT2D eigenvalue weighted by molar-refractivity contribution is -0.115. The van der Waals surface area contributed by atoms with E-state index in [0.717, 1.165) is 11.1 Å². The van der Waals surface area contributed by atoms with Gasteiger partial charge >= 0.3 is 0 Å². The van der Waals surface area contributed by atoms with Gasteiger partial charge in [-0.3, -0.25) is 4.79 Å². The highest BCUT2D eigenvalue weighted by molar-refractivity contribution is 5.99. The van der Waals surface area contributed by atoms with Crippen molar-refractivity contribution in [1.29, 1.82) is 0 Å². The summed E-state index contributed by atoms with van der Waals surface area (Å²) in [5.74, 6) is 1.66. The maximum Gasteiger partial charge on any atom is 0.231 e. The van der Waals surface area contributed by atoms with Crippen molar-refractivity contribution in [2.45, 2.75) is 18.8 Å². The molecule has 2 aromatic carbocycles. The van der Waals surface area contributed by atoms with Gasteiger partial charge in [-0.25, -0.2) is 4.39 Å². The molecule has 25 heavy (non-hydrogen) atoms. The normalized spacial score (nSPS) is 18.9. The predicted molar refractivity (Wildman–Crippen MR) is 90.5 cm³/mol. The van der Waals surface area contributed by atoms with E-state index in [2.05, 4.69) is 0 Å². The number of ether oxygens (including phenoxy) is 3. The summed E-state index contributed by atoms with van der Waals surface area (Å²) in [5, 5.41) is 0. The smallest absolute Gasteiger partial charge is 0.231 e. The molecule has 0 bridgehead atoms. The molecule has 2 aromatic rings. The van der Waals surface area contributed by atoms with Gasteiger partial charge in [-0.1, -0.05) is 6.07 Å². The third-order valence-corrected chi connectivity index (χ3v) is 4.62. The standard InChI is InChI=1S/C20H17FO4/c1-23-18-5-3-15(21)10-17(18)14-6-13(7-16(22)8-14)12-2-4-19-20(9-12)25-11-24-19/h2-5,8-10,13H,6-7,11H2,1H3/t13-/m1/s1. The van der Waals surface area contributed by atoms with Crippen molar-refractivity contribution < 1.29 is 23.4 Å². The minimum atomic E-state index is -0.352. The first-order chi connectivity index (χ1) is 12.1. The highest BCUT2D eigenvalue weighted by Crippen LogP contribution is 2.42. The quantitative estimate of drug-likeness (QED) is 0.844. The van der Waals surface area contributed by atoms with Crippen LogP contribution in [0.15, 0.2) is 42.5 Å². The van der Waals surface area contributed by atoms with Gasteiger partial charge in [0.2, 0.25) is 6.79 Å². The van der Waals surface area contributed by atoms with E-state index in [4.69, 9.17) is 14.2 Å². The summed E-state index contributed by atoms with van der Waals surface area (Å²) in [6.07, 6.45) is 2.65. The second kappa shape index (κ2) is 6.24. The average Bonchev–Trinajstić information content (AvgIpc) is 3.09. The van der Waals surface area contributed by atoms with Crippen molar-refractivity contribution in [3.63, 3.8) is 0 Å². The summed E-state index contributed by atoms with van der Waals surface area (Å²) in [5.41, 5.74) is 2.43. The molecule has 0 saturated carbocycles. The van der Waals surface area contributed by atoms with Gasteiger partial charge < -0.3 is 14.2 Å². The van der Waals surface area contributed by atoms with E-state index >= 15 is 0 Å². The highest BCUT2D eigenvalue weighted by atomic mass is 19.1. The fourth-order valence-corrected chi connectivity index (χ4v) is 3.41. The third kappa shape index (κ3) is 2.97. The predicted octanol–water partition coefficient (Wildman–Crippen LogP) is 4.09. The van der Waals surface area contributed by atoms with Gasteiger partial charge in [0.15, 0.2) is 17.3 Å². The van der Waals surface area contributed by atoms with Gasteiger partial charge in [0.25, 0.3) is 0 Å². The summed E-state index contributed by atoms with van der Waals surface area (Å²) in [7, 11) is 1.54. The number of allylic oxidation sites excluding steroid dienone is 2. The summed E-state index contributed by atoms with van der Waals surface area (Å²) < 4.78 is 29.8. The number of benzene rings is 2. The molecular weight excluding hydrogens is 323 g/mol. The number of methoxy groups -OCH3 is 1. The Hall–Kier alpha value is -2.82. The maximum atomic E-state index is 13.7. The number of ketones is 1. The molecule has 4 nitrogen and oxygen atoms in total. The number of hydrogen-bond acceptors (Lipinski definition) is 4. The molecule has 128 valence electrons. The van der Waals surface area contributed by atoms with Crippen molar-refractivity contribution in [2.75, 3.05) is 13.9 Å². The summed E-state index contributed by atoms with van der Waals surface area (Å²) in [4.78, 5) is 12.3. The first kappa shape index (κ1) is 15.7. The van der Waals surface area contributed by atoms with Crippen LogP contribution in [0.5, 0.6) is 17.2 Å². The van der Waals surface area contributed by atoms with Crippen LogP contribution in [0.2, 0.25) is 0 Å². The highest BCUT2D eigenvalue weighted by Gasteiger charge is 2.26. The van der Waals surface area contributed by atoms with Gasteiger partial charge in [0.05, 0.1) is 7.11 Å². The SMILES string of the molecule is COc1ccc(F)cc1C1=CC(=O)C[C@H](c2ccc3c(c2)OCO3)C1. The molecule has 2 aliphatic rings. The Labute approximate surface area is 144 Å². The van der Waals surface area contributed by atoms with E-state index in [0.29, 0.717) is 35.7 Å². The zero-order chi connectivity index (χ0) is 17.4. The number of carbonyl (C=O) groups excluding carboxylic acids is 1. The first-order valence-corrected chi connectivity index (χ1v) is 8.11. The zero-order valence-corrected chi connectivity index (χ0v) is 13.8. The number of rotatable bonds is 3. The minimum Gasteiger partial charge on any atom is -0.496 e. The van der Waals surface area contributed by atoms with Crippen molar-refractivity contribution in [3.05, 3.63) is 59.4 Å². The molecule has 0 fully saturated rings. The second-order valence-corrected chi connectivity index (χ2v) is 6.20. The van der Waals surface area contributed by atoms with E-state index in [9.17, 15) is 9.18 Å². The minimum absolute atomic E-state index is 0.00923. The Balaban J connectivity index is 1.68. The lowest BCUT2D eigenvalue weighted by atomic mass is 9.80. The average molecular weight is 340 g/mol. The lowest BCUT2D eigenvalue weighted by Gasteiger charge is -2.24. The fourth-order valence-electron chi connectivity index (χ4n) is 3.41. The zero-order valence-electron chi connectivity index (χ0n) is 13.8. The molecule has 0 amide bonds. The molecule has 4 rings (SSSR count). The largest absolute Gasteiger partial charge is 0.496 e. The fraction of sp³-hybridized carbons (Fsp3) is 0.250. The molecule has 0 radical (unpaired) electrons. The van der Waals surface area contributed by atoms with Gasteiger partial charge in [-0.2, -0.15) is 0 Å². The van der Waals surface area contributed by atoms with Crippen LogP contribution < -0.4 is 14.2 Å². The van der Waals surface area contributed by atoms with Gasteiger partial charge in [0.1, 0.15) is 11.6 Å². The molecule has 0 N–H and O–H groups in total. The molecule has 1 atom stereocenters. The van der Waals surface area contributed by atoms with Crippen LogP contribution in [0, 0.1) is 5.82 Å². The van der Waals surface area contributed by atoms with Crippen LogP contribution in [0.25, 0.3) is 5.57 Å². The summed E-state index contributed by atoms with van der Waals surface area (Å²) in [6, 6.07) is 10.1. The van der Waals surface area contributed by atoms with Crippen molar-refractivity contribution >= 4 is 11.4 Å². The lowest BCUT2D eigenvalue weighted by Crippen LogP contribution is -2.13. The van der Waals surface area contributed by atoms with Crippen LogP contribution in [0.3, 0.4) is 0 Å². The van der Waals surface area contributed by atoms with E-state index in [-0.39, 0.29) is 24.3 Å². The molecule has 0 unspecified atom stereocenters. The Morgan fingerprint density at radius 2 is 1.92 bits per heavy atom. The number of halogens is 1. The maximum absolute atomic E-state index is 13.7. The van der Waals surface area contributed by atoms with Crippen LogP contribution in [-0.2, 0) is 4.79 Å². The van der Waals surface area contributed by atoms with Crippen molar-refractivity contribution in [1.82, 2.24) is 0 Å². The van der Waals surface area contributed by atoms with Gasteiger partial charge in [-0.15, -0.1) is 0 Å². The molecular formula is C20H17FO4.